The van der Waals surface area contributed by atoms with Gasteiger partial charge in [0.15, 0.2) is 0 Å². The molecular formula is C15H11ClF4N2O. The fourth-order valence-corrected chi connectivity index (χ4v) is 1.98. The highest BCUT2D eigenvalue weighted by Crippen LogP contribution is 2.31. The zero-order chi connectivity index (χ0) is 17.0. The maximum absolute atomic E-state index is 13.5. The monoisotopic (exact) mass is 346 g/mol. The molecule has 2 rings (SSSR count). The van der Waals surface area contributed by atoms with Crippen molar-refractivity contribution in [1.29, 1.82) is 0 Å². The van der Waals surface area contributed by atoms with E-state index in [0.717, 1.165) is 0 Å². The van der Waals surface area contributed by atoms with Crippen LogP contribution in [-0.2, 0) is 12.7 Å². The van der Waals surface area contributed by atoms with Crippen LogP contribution in [0.15, 0.2) is 42.5 Å². The van der Waals surface area contributed by atoms with E-state index >= 15 is 0 Å². The molecule has 0 heterocycles. The van der Waals surface area contributed by atoms with Crippen LogP contribution in [0.4, 0.5) is 28.0 Å². The first kappa shape index (κ1) is 17.1. The van der Waals surface area contributed by atoms with Gasteiger partial charge in [-0.2, -0.15) is 13.2 Å². The normalized spacial score (nSPS) is 11.2. The molecule has 0 aliphatic carbocycles. The van der Waals surface area contributed by atoms with Crippen LogP contribution in [0.5, 0.6) is 0 Å². The lowest BCUT2D eigenvalue weighted by molar-refractivity contribution is -0.137. The molecular weight excluding hydrogens is 336 g/mol. The molecule has 23 heavy (non-hydrogen) atoms. The third kappa shape index (κ3) is 4.59. The summed E-state index contributed by atoms with van der Waals surface area (Å²) in [5.74, 6) is -0.967. The number of nitrogens with one attached hydrogen (secondary N) is 2. The number of rotatable bonds is 3. The van der Waals surface area contributed by atoms with Gasteiger partial charge in [0.05, 0.1) is 11.3 Å². The van der Waals surface area contributed by atoms with E-state index in [0.29, 0.717) is 28.8 Å². The second kappa shape index (κ2) is 6.87. The Balaban J connectivity index is 2.04. The average Bonchev–Trinajstić information content (AvgIpc) is 2.47. The van der Waals surface area contributed by atoms with Crippen LogP contribution in [-0.4, -0.2) is 6.03 Å². The Kier molecular flexibility index (Phi) is 5.10. The van der Waals surface area contributed by atoms with Crippen LogP contribution < -0.4 is 10.6 Å². The summed E-state index contributed by atoms with van der Waals surface area (Å²) < 4.78 is 51.3. The second-order valence-electron chi connectivity index (χ2n) is 4.59. The highest BCUT2D eigenvalue weighted by Gasteiger charge is 2.31. The maximum atomic E-state index is 13.5. The Labute approximate surface area is 134 Å². The number of carbonyl (C=O) groups is 1. The predicted molar refractivity (Wildman–Crippen MR) is 78.7 cm³/mol. The van der Waals surface area contributed by atoms with Gasteiger partial charge in [-0.25, -0.2) is 9.18 Å². The summed E-state index contributed by atoms with van der Waals surface area (Å²) in [5, 5.41) is 4.86. The third-order valence-corrected chi connectivity index (χ3v) is 3.31. The van der Waals surface area contributed by atoms with E-state index in [9.17, 15) is 22.4 Å². The van der Waals surface area contributed by atoms with Crippen molar-refractivity contribution in [3.63, 3.8) is 0 Å². The zero-order valence-corrected chi connectivity index (χ0v) is 12.3. The number of hydrogen-bond acceptors (Lipinski definition) is 1. The quantitative estimate of drug-likeness (QED) is 0.769. The minimum absolute atomic E-state index is 0.0477. The predicted octanol–water partition coefficient (Wildman–Crippen LogP) is 4.82. The molecule has 2 amide bonds. The summed E-state index contributed by atoms with van der Waals surface area (Å²) in [6.45, 7) is 0.0477. The molecule has 2 aromatic carbocycles. The van der Waals surface area contributed by atoms with Crippen molar-refractivity contribution in [1.82, 2.24) is 5.32 Å². The number of benzene rings is 2. The summed E-state index contributed by atoms with van der Waals surface area (Å²) in [5.41, 5.74) is -0.995. The topological polar surface area (TPSA) is 41.1 Å². The average molecular weight is 347 g/mol. The third-order valence-electron chi connectivity index (χ3n) is 2.94. The van der Waals surface area contributed by atoms with Gasteiger partial charge in [-0.05, 0) is 29.8 Å². The number of alkyl halides is 3. The molecule has 0 unspecified atom stereocenters. The Bertz CT molecular complexity index is 719. The van der Waals surface area contributed by atoms with Crippen LogP contribution in [0.3, 0.4) is 0 Å². The minimum Gasteiger partial charge on any atom is -0.334 e. The number of carbonyl (C=O) groups excluding carboxylic acids is 1. The smallest absolute Gasteiger partial charge is 0.334 e. The zero-order valence-electron chi connectivity index (χ0n) is 11.5. The minimum atomic E-state index is -4.63. The van der Waals surface area contributed by atoms with Gasteiger partial charge < -0.3 is 10.6 Å². The molecule has 0 spiro atoms. The molecule has 0 bridgehead atoms. The van der Waals surface area contributed by atoms with E-state index in [1.165, 1.54) is 0 Å². The molecule has 2 N–H and O–H groups in total. The van der Waals surface area contributed by atoms with E-state index in [-0.39, 0.29) is 6.54 Å². The van der Waals surface area contributed by atoms with E-state index in [4.69, 9.17) is 11.6 Å². The lowest BCUT2D eigenvalue weighted by Crippen LogP contribution is -2.28. The van der Waals surface area contributed by atoms with E-state index < -0.39 is 29.3 Å². The van der Waals surface area contributed by atoms with Gasteiger partial charge in [-0.1, -0.05) is 29.8 Å². The molecule has 122 valence electrons. The van der Waals surface area contributed by atoms with Crippen LogP contribution in [0.2, 0.25) is 5.02 Å². The Morgan fingerprint density at radius 1 is 1.13 bits per heavy atom. The number of hydrogen-bond donors (Lipinski definition) is 2. The highest BCUT2D eigenvalue weighted by molar-refractivity contribution is 6.31. The standard InChI is InChI=1S/C15H11ClF4N2O/c16-11-4-2-1-3-9(11)8-21-14(23)22-13-7-10(15(18,19)20)5-6-12(13)17/h1-7H,8H2,(H2,21,22,23). The van der Waals surface area contributed by atoms with Gasteiger partial charge in [0, 0.05) is 11.6 Å². The Hall–Kier alpha value is -2.28. The summed E-state index contributed by atoms with van der Waals surface area (Å²) >= 11 is 5.91. The fourth-order valence-electron chi connectivity index (χ4n) is 1.78. The first-order valence-electron chi connectivity index (χ1n) is 6.42. The molecule has 2 aromatic rings. The lowest BCUT2D eigenvalue weighted by Gasteiger charge is -2.12. The van der Waals surface area contributed by atoms with Crippen molar-refractivity contribution in [2.75, 3.05) is 5.32 Å². The van der Waals surface area contributed by atoms with E-state index in [1.807, 2.05) is 5.32 Å². The number of halogens is 5. The van der Waals surface area contributed by atoms with Crippen LogP contribution in [0.1, 0.15) is 11.1 Å². The SMILES string of the molecule is O=C(NCc1ccccc1Cl)Nc1cc(C(F)(F)F)ccc1F. The second-order valence-corrected chi connectivity index (χ2v) is 5.00. The fraction of sp³-hybridized carbons (Fsp3) is 0.133. The van der Waals surface area contributed by atoms with Gasteiger partial charge in [-0.15, -0.1) is 0 Å². The van der Waals surface area contributed by atoms with Gasteiger partial charge >= 0.3 is 12.2 Å². The number of amides is 2. The van der Waals surface area contributed by atoms with Gasteiger partial charge in [-0.3, -0.25) is 0 Å². The summed E-state index contributed by atoms with van der Waals surface area (Å²) in [4.78, 5) is 11.7. The molecule has 0 aromatic heterocycles. The van der Waals surface area contributed by atoms with Crippen molar-refractivity contribution in [2.45, 2.75) is 12.7 Å². The van der Waals surface area contributed by atoms with Crippen molar-refractivity contribution in [3.8, 4) is 0 Å². The Morgan fingerprint density at radius 3 is 2.48 bits per heavy atom. The Morgan fingerprint density at radius 2 is 1.83 bits per heavy atom. The van der Waals surface area contributed by atoms with Crippen LogP contribution in [0.25, 0.3) is 0 Å². The molecule has 0 aliphatic rings. The van der Waals surface area contributed by atoms with Crippen LogP contribution in [0, 0.1) is 5.82 Å². The summed E-state index contributed by atoms with van der Waals surface area (Å²) in [6.07, 6.45) is -4.63. The van der Waals surface area contributed by atoms with Crippen molar-refractivity contribution in [3.05, 3.63) is 64.4 Å². The maximum Gasteiger partial charge on any atom is 0.416 e. The van der Waals surface area contributed by atoms with Gasteiger partial charge in [0.1, 0.15) is 5.82 Å². The van der Waals surface area contributed by atoms with Crippen molar-refractivity contribution < 1.29 is 22.4 Å². The number of anilines is 1. The van der Waals surface area contributed by atoms with E-state index in [2.05, 4.69) is 5.32 Å². The summed E-state index contributed by atoms with van der Waals surface area (Å²) in [6, 6.07) is 7.66. The number of urea groups is 1. The first-order chi connectivity index (χ1) is 10.8. The summed E-state index contributed by atoms with van der Waals surface area (Å²) in [7, 11) is 0. The van der Waals surface area contributed by atoms with Gasteiger partial charge in [0.25, 0.3) is 0 Å². The molecule has 0 fully saturated rings. The molecule has 0 saturated heterocycles. The van der Waals surface area contributed by atoms with Gasteiger partial charge in [0.2, 0.25) is 0 Å². The van der Waals surface area contributed by atoms with Crippen LogP contribution >= 0.6 is 11.6 Å². The molecule has 8 heteroatoms. The van der Waals surface area contributed by atoms with Crippen molar-refractivity contribution in [2.24, 2.45) is 0 Å². The van der Waals surface area contributed by atoms with Crippen molar-refractivity contribution >= 4 is 23.3 Å². The molecule has 3 nitrogen and oxygen atoms in total. The largest absolute Gasteiger partial charge is 0.416 e. The highest BCUT2D eigenvalue weighted by atomic mass is 35.5. The lowest BCUT2D eigenvalue weighted by atomic mass is 10.2. The molecule has 0 radical (unpaired) electrons. The molecule has 0 saturated carbocycles. The van der Waals surface area contributed by atoms with E-state index in [1.54, 1.807) is 24.3 Å². The first-order valence-corrected chi connectivity index (χ1v) is 6.80. The molecule has 0 atom stereocenters. The molecule has 0 aliphatic heterocycles.